The van der Waals surface area contributed by atoms with Crippen molar-refractivity contribution in [2.45, 2.75) is 6.92 Å². The summed E-state index contributed by atoms with van der Waals surface area (Å²) in [4.78, 5) is 28.2. The predicted molar refractivity (Wildman–Crippen MR) is 105 cm³/mol. The minimum Gasteiger partial charge on any atom is -0.504 e. The first kappa shape index (κ1) is 17.5. The summed E-state index contributed by atoms with van der Waals surface area (Å²) in [5.74, 6) is 1.21. The van der Waals surface area contributed by atoms with Crippen LogP contribution >= 0.6 is 0 Å². The number of H-pyrrole nitrogens is 1. The number of aromatic hydroxyl groups is 1. The molecule has 4 rings (SSSR count). The van der Waals surface area contributed by atoms with Gasteiger partial charge in [0.1, 0.15) is 11.3 Å². The van der Waals surface area contributed by atoms with Gasteiger partial charge in [0, 0.05) is 11.5 Å². The SMILES string of the molecule is COc1cc2c(C)nc(Nc3nc4c(OC)cccc4c(=O)[nH]3)nc2cc1O. The molecule has 28 heavy (non-hydrogen) atoms. The van der Waals surface area contributed by atoms with Gasteiger partial charge in [-0.2, -0.15) is 0 Å². The van der Waals surface area contributed by atoms with Gasteiger partial charge >= 0.3 is 0 Å². The van der Waals surface area contributed by atoms with E-state index in [1.54, 1.807) is 24.3 Å². The van der Waals surface area contributed by atoms with Crippen LogP contribution in [0.1, 0.15) is 5.69 Å². The third-order valence-corrected chi connectivity index (χ3v) is 4.34. The van der Waals surface area contributed by atoms with Crippen LogP contribution in [0.15, 0.2) is 35.1 Å². The smallest absolute Gasteiger partial charge is 0.260 e. The Morgan fingerprint density at radius 2 is 1.82 bits per heavy atom. The van der Waals surface area contributed by atoms with E-state index in [0.717, 1.165) is 5.39 Å². The number of para-hydroxylation sites is 1. The molecule has 0 radical (unpaired) electrons. The number of rotatable bonds is 4. The number of aromatic nitrogens is 4. The lowest BCUT2D eigenvalue weighted by Crippen LogP contribution is -2.13. The van der Waals surface area contributed by atoms with Crippen molar-refractivity contribution in [2.75, 3.05) is 19.5 Å². The van der Waals surface area contributed by atoms with Crippen molar-refractivity contribution in [1.82, 2.24) is 19.9 Å². The lowest BCUT2D eigenvalue weighted by Gasteiger charge is -2.10. The van der Waals surface area contributed by atoms with Crippen molar-refractivity contribution in [3.8, 4) is 17.2 Å². The molecule has 2 aromatic heterocycles. The topological polar surface area (TPSA) is 122 Å². The fourth-order valence-corrected chi connectivity index (χ4v) is 2.98. The first-order valence-electron chi connectivity index (χ1n) is 8.39. The summed E-state index contributed by atoms with van der Waals surface area (Å²) in [5.41, 5.74) is 1.31. The highest BCUT2D eigenvalue weighted by molar-refractivity contribution is 5.86. The Morgan fingerprint density at radius 3 is 2.57 bits per heavy atom. The average molecular weight is 379 g/mol. The Kier molecular flexibility index (Phi) is 4.19. The van der Waals surface area contributed by atoms with E-state index in [-0.39, 0.29) is 23.2 Å². The van der Waals surface area contributed by atoms with Crippen LogP contribution < -0.4 is 20.3 Å². The van der Waals surface area contributed by atoms with Crippen molar-refractivity contribution in [3.05, 3.63) is 46.4 Å². The molecule has 9 nitrogen and oxygen atoms in total. The number of ether oxygens (including phenoxy) is 2. The molecule has 0 aliphatic carbocycles. The molecule has 0 spiro atoms. The monoisotopic (exact) mass is 379 g/mol. The van der Waals surface area contributed by atoms with Crippen LogP contribution in [-0.4, -0.2) is 39.3 Å². The standard InChI is InChI=1S/C19H17N5O4/c1-9-11-7-15(28-3)13(25)8-12(11)21-18(20-9)24-19-22-16-10(17(26)23-19)5-4-6-14(16)27-2/h4-8,25H,1-3H3,(H2,20,21,22,23,24,26). The van der Waals surface area contributed by atoms with Crippen molar-refractivity contribution < 1.29 is 14.6 Å². The Hall–Kier alpha value is -3.88. The first-order valence-corrected chi connectivity index (χ1v) is 8.39. The fourth-order valence-electron chi connectivity index (χ4n) is 2.98. The van der Waals surface area contributed by atoms with E-state index in [9.17, 15) is 9.90 Å². The van der Waals surface area contributed by atoms with Crippen molar-refractivity contribution in [3.63, 3.8) is 0 Å². The molecule has 3 N–H and O–H groups in total. The van der Waals surface area contributed by atoms with Gasteiger partial charge in [0.2, 0.25) is 11.9 Å². The molecule has 2 aromatic carbocycles. The van der Waals surface area contributed by atoms with Gasteiger partial charge in [-0.15, -0.1) is 0 Å². The third-order valence-electron chi connectivity index (χ3n) is 4.34. The van der Waals surface area contributed by atoms with Crippen LogP contribution in [0.4, 0.5) is 11.9 Å². The third kappa shape index (κ3) is 2.92. The van der Waals surface area contributed by atoms with Crippen LogP contribution in [0, 0.1) is 6.92 Å². The highest BCUT2D eigenvalue weighted by Crippen LogP contribution is 2.32. The maximum Gasteiger partial charge on any atom is 0.260 e. The van der Waals surface area contributed by atoms with Crippen LogP contribution in [0.25, 0.3) is 21.8 Å². The quantitative estimate of drug-likeness (QED) is 0.495. The molecule has 0 fully saturated rings. The average Bonchev–Trinajstić information content (AvgIpc) is 2.67. The number of benzene rings is 2. The molecule has 9 heteroatoms. The van der Waals surface area contributed by atoms with Gasteiger partial charge in [0.15, 0.2) is 11.5 Å². The molecule has 2 heterocycles. The second-order valence-corrected chi connectivity index (χ2v) is 6.07. The number of hydrogen-bond donors (Lipinski definition) is 3. The van der Waals surface area contributed by atoms with E-state index in [1.807, 2.05) is 6.92 Å². The van der Waals surface area contributed by atoms with E-state index in [4.69, 9.17) is 9.47 Å². The number of phenolic OH excluding ortho intramolecular Hbond substituents is 1. The summed E-state index contributed by atoms with van der Waals surface area (Å²) in [5, 5.41) is 14.1. The number of anilines is 2. The number of hydrogen-bond acceptors (Lipinski definition) is 8. The molecule has 0 aliphatic heterocycles. The summed E-state index contributed by atoms with van der Waals surface area (Å²) in [6.07, 6.45) is 0. The minimum absolute atomic E-state index is 0.0268. The van der Waals surface area contributed by atoms with E-state index in [0.29, 0.717) is 33.6 Å². The van der Waals surface area contributed by atoms with E-state index in [1.165, 1.54) is 20.3 Å². The number of aromatic amines is 1. The molecule has 0 unspecified atom stereocenters. The molecule has 0 amide bonds. The molecule has 4 aromatic rings. The Bertz CT molecular complexity index is 1270. The van der Waals surface area contributed by atoms with Gasteiger partial charge in [-0.25, -0.2) is 15.0 Å². The summed E-state index contributed by atoms with van der Waals surface area (Å²) >= 11 is 0. The highest BCUT2D eigenvalue weighted by Gasteiger charge is 2.12. The van der Waals surface area contributed by atoms with Crippen LogP contribution in [-0.2, 0) is 0 Å². The minimum atomic E-state index is -0.314. The molecular formula is C19H17N5O4. The zero-order chi connectivity index (χ0) is 19.8. The largest absolute Gasteiger partial charge is 0.504 e. The maximum atomic E-state index is 12.4. The van der Waals surface area contributed by atoms with E-state index < -0.39 is 0 Å². The van der Waals surface area contributed by atoms with Crippen LogP contribution in [0.2, 0.25) is 0 Å². The summed E-state index contributed by atoms with van der Waals surface area (Å²) < 4.78 is 10.4. The molecule has 0 saturated heterocycles. The van der Waals surface area contributed by atoms with Gasteiger partial charge in [0.25, 0.3) is 5.56 Å². The number of methoxy groups -OCH3 is 2. The molecule has 0 atom stereocenters. The lowest BCUT2D eigenvalue weighted by molar-refractivity contribution is 0.374. The van der Waals surface area contributed by atoms with Crippen LogP contribution in [0.3, 0.4) is 0 Å². The second kappa shape index (κ2) is 6.69. The molecular weight excluding hydrogens is 362 g/mol. The van der Waals surface area contributed by atoms with Gasteiger partial charge < -0.3 is 14.6 Å². The van der Waals surface area contributed by atoms with Crippen molar-refractivity contribution in [1.29, 1.82) is 0 Å². The highest BCUT2D eigenvalue weighted by atomic mass is 16.5. The maximum absolute atomic E-state index is 12.4. The van der Waals surface area contributed by atoms with Crippen molar-refractivity contribution in [2.24, 2.45) is 0 Å². The zero-order valence-corrected chi connectivity index (χ0v) is 15.4. The molecule has 0 aliphatic rings. The normalized spacial score (nSPS) is 11.0. The molecule has 0 saturated carbocycles. The predicted octanol–water partition coefficient (Wildman–Crippen LogP) is 2.64. The van der Waals surface area contributed by atoms with Gasteiger partial charge in [-0.1, -0.05) is 6.07 Å². The van der Waals surface area contributed by atoms with Gasteiger partial charge in [0.05, 0.1) is 30.8 Å². The molecule has 142 valence electrons. The van der Waals surface area contributed by atoms with E-state index >= 15 is 0 Å². The summed E-state index contributed by atoms with van der Waals surface area (Å²) in [6.45, 7) is 1.81. The fraction of sp³-hybridized carbons (Fsp3) is 0.158. The van der Waals surface area contributed by atoms with Crippen molar-refractivity contribution >= 4 is 33.7 Å². The number of nitrogens with zero attached hydrogens (tertiary/aromatic N) is 3. The van der Waals surface area contributed by atoms with Gasteiger partial charge in [-0.05, 0) is 25.1 Å². The van der Waals surface area contributed by atoms with Gasteiger partial charge in [-0.3, -0.25) is 15.1 Å². The summed E-state index contributed by atoms with van der Waals surface area (Å²) in [6, 6.07) is 8.28. The second-order valence-electron chi connectivity index (χ2n) is 6.07. The number of fused-ring (bicyclic) bond motifs is 2. The Balaban J connectivity index is 1.81. The number of nitrogens with one attached hydrogen (secondary N) is 2. The number of phenols is 1. The lowest BCUT2D eigenvalue weighted by atomic mass is 10.2. The summed E-state index contributed by atoms with van der Waals surface area (Å²) in [7, 11) is 2.99. The first-order chi connectivity index (χ1) is 13.5. The van der Waals surface area contributed by atoms with E-state index in [2.05, 4.69) is 25.3 Å². The molecule has 0 bridgehead atoms. The Labute approximate surface area is 159 Å². The number of aryl methyl sites for hydroxylation is 1. The van der Waals surface area contributed by atoms with Crippen LogP contribution in [0.5, 0.6) is 17.2 Å². The Morgan fingerprint density at radius 1 is 1.04 bits per heavy atom. The zero-order valence-electron chi connectivity index (χ0n) is 15.4.